The number of anilines is 1. The first kappa shape index (κ1) is 20.7. The van der Waals surface area contributed by atoms with Gasteiger partial charge in [-0.15, -0.1) is 0 Å². The number of ether oxygens (including phenoxy) is 1. The van der Waals surface area contributed by atoms with Crippen LogP contribution in [0.4, 0.5) is 10.1 Å². The summed E-state index contributed by atoms with van der Waals surface area (Å²) in [6.45, 7) is 5.58. The second kappa shape index (κ2) is 8.76. The first-order valence-corrected chi connectivity index (χ1v) is 12.1. The molecule has 0 aromatic heterocycles. The summed E-state index contributed by atoms with van der Waals surface area (Å²) in [6, 6.07) is 6.73. The van der Waals surface area contributed by atoms with E-state index in [-0.39, 0.29) is 5.82 Å². The van der Waals surface area contributed by atoms with Crippen LogP contribution in [0, 0.1) is 29.0 Å². The fraction of sp³-hybridized carbons (Fsp3) is 0.760. The van der Waals surface area contributed by atoms with Crippen molar-refractivity contribution in [3.05, 3.63) is 30.1 Å². The van der Waals surface area contributed by atoms with Crippen molar-refractivity contribution < 1.29 is 14.2 Å². The Labute approximate surface area is 180 Å². The standard InChI is InChI=1S/C25H37FN2O2/c26-22-1-3-23(4-2-22)28-8-6-27(7-9-28)17-24(29)18-30-10-5-25-14-19-11-20(15-25)13-21(12-19)16-25/h1-4,19-21,24,29H,5-18H2. The molecule has 0 radical (unpaired) electrons. The van der Waals surface area contributed by atoms with Crippen LogP contribution in [0.5, 0.6) is 0 Å². The van der Waals surface area contributed by atoms with E-state index in [9.17, 15) is 9.50 Å². The molecule has 4 aliphatic carbocycles. The van der Waals surface area contributed by atoms with E-state index in [1.54, 1.807) is 0 Å². The molecule has 5 heteroatoms. The lowest BCUT2D eigenvalue weighted by Gasteiger charge is -2.57. The van der Waals surface area contributed by atoms with Crippen molar-refractivity contribution in [2.24, 2.45) is 23.2 Å². The Kier molecular flexibility index (Phi) is 6.05. The predicted molar refractivity (Wildman–Crippen MR) is 117 cm³/mol. The number of hydrogen-bond donors (Lipinski definition) is 1. The number of aliphatic hydroxyl groups is 1. The summed E-state index contributed by atoms with van der Waals surface area (Å²) in [6.07, 6.45) is 9.56. The summed E-state index contributed by atoms with van der Waals surface area (Å²) in [5.41, 5.74) is 1.64. The average Bonchev–Trinajstić information content (AvgIpc) is 2.72. The fourth-order valence-corrected chi connectivity index (χ4v) is 7.30. The molecule has 0 spiro atoms. The van der Waals surface area contributed by atoms with Gasteiger partial charge in [0.2, 0.25) is 0 Å². The molecule has 1 saturated heterocycles. The van der Waals surface area contributed by atoms with Crippen LogP contribution in [0.3, 0.4) is 0 Å². The number of aliphatic hydroxyl groups excluding tert-OH is 1. The van der Waals surface area contributed by atoms with Gasteiger partial charge in [-0.1, -0.05) is 0 Å². The van der Waals surface area contributed by atoms with Crippen LogP contribution >= 0.6 is 0 Å². The predicted octanol–water partition coefficient (Wildman–Crippen LogP) is 3.93. The third kappa shape index (κ3) is 4.68. The normalized spacial score (nSPS) is 34.5. The molecule has 5 fully saturated rings. The Hall–Kier alpha value is -1.17. The molecule has 30 heavy (non-hydrogen) atoms. The molecule has 1 heterocycles. The van der Waals surface area contributed by atoms with Gasteiger partial charge in [0.25, 0.3) is 0 Å². The largest absolute Gasteiger partial charge is 0.389 e. The summed E-state index contributed by atoms with van der Waals surface area (Å²) in [5, 5.41) is 10.5. The maximum absolute atomic E-state index is 13.1. The van der Waals surface area contributed by atoms with Crippen LogP contribution in [-0.2, 0) is 4.74 Å². The Morgan fingerprint density at radius 1 is 0.967 bits per heavy atom. The van der Waals surface area contributed by atoms with E-state index in [0.717, 1.165) is 56.2 Å². The van der Waals surface area contributed by atoms with Crippen LogP contribution in [0.25, 0.3) is 0 Å². The summed E-state index contributed by atoms with van der Waals surface area (Å²) >= 11 is 0. The van der Waals surface area contributed by atoms with E-state index in [1.165, 1.54) is 57.1 Å². The van der Waals surface area contributed by atoms with E-state index in [1.807, 2.05) is 12.1 Å². The monoisotopic (exact) mass is 416 g/mol. The third-order valence-electron chi connectivity index (χ3n) is 8.29. The molecule has 1 unspecified atom stereocenters. The maximum atomic E-state index is 13.1. The second-order valence-corrected chi connectivity index (χ2v) is 10.7. The molecular weight excluding hydrogens is 379 g/mol. The van der Waals surface area contributed by atoms with Crippen molar-refractivity contribution in [3.63, 3.8) is 0 Å². The molecular formula is C25H37FN2O2. The number of benzene rings is 1. The van der Waals surface area contributed by atoms with Crippen LogP contribution in [-0.4, -0.2) is 62.0 Å². The van der Waals surface area contributed by atoms with Crippen molar-refractivity contribution in [1.29, 1.82) is 0 Å². The summed E-state index contributed by atoms with van der Waals surface area (Å²) < 4.78 is 19.1. The van der Waals surface area contributed by atoms with Crippen molar-refractivity contribution in [2.45, 2.75) is 51.0 Å². The molecule has 1 N–H and O–H groups in total. The fourth-order valence-electron chi connectivity index (χ4n) is 7.30. The van der Waals surface area contributed by atoms with E-state index in [2.05, 4.69) is 9.80 Å². The lowest BCUT2D eigenvalue weighted by molar-refractivity contribution is -0.0741. The topological polar surface area (TPSA) is 35.9 Å². The highest BCUT2D eigenvalue weighted by Gasteiger charge is 2.50. The molecule has 4 nitrogen and oxygen atoms in total. The Morgan fingerprint density at radius 2 is 1.57 bits per heavy atom. The SMILES string of the molecule is OC(COCCC12CC3CC(CC(C3)C1)C2)CN1CCN(c2ccc(F)cc2)CC1. The number of β-amino-alcohol motifs (C(OH)–C–C–N with tert-alkyl or cyclic N) is 1. The molecule has 1 atom stereocenters. The van der Waals surface area contributed by atoms with Crippen molar-refractivity contribution in [2.75, 3.05) is 50.8 Å². The number of rotatable bonds is 8. The van der Waals surface area contributed by atoms with Gasteiger partial charge in [-0.05, 0) is 92.4 Å². The highest BCUT2D eigenvalue weighted by atomic mass is 19.1. The lowest BCUT2D eigenvalue weighted by Crippen LogP contribution is -2.49. The van der Waals surface area contributed by atoms with Gasteiger partial charge in [-0.3, -0.25) is 4.90 Å². The van der Waals surface area contributed by atoms with Crippen LogP contribution in [0.2, 0.25) is 0 Å². The van der Waals surface area contributed by atoms with E-state index < -0.39 is 6.10 Å². The molecule has 0 amide bonds. The molecule has 1 aromatic carbocycles. The van der Waals surface area contributed by atoms with Crippen LogP contribution < -0.4 is 4.90 Å². The van der Waals surface area contributed by atoms with E-state index >= 15 is 0 Å². The van der Waals surface area contributed by atoms with Crippen molar-refractivity contribution in [1.82, 2.24) is 4.90 Å². The Balaban J connectivity index is 0.995. The Bertz CT molecular complexity index is 666. The third-order valence-corrected chi connectivity index (χ3v) is 8.29. The zero-order valence-corrected chi connectivity index (χ0v) is 18.1. The zero-order chi connectivity index (χ0) is 20.6. The molecule has 6 rings (SSSR count). The quantitative estimate of drug-likeness (QED) is 0.652. The summed E-state index contributed by atoms with van der Waals surface area (Å²) in [7, 11) is 0. The molecule has 166 valence electrons. The summed E-state index contributed by atoms with van der Waals surface area (Å²) in [5.74, 6) is 2.80. The van der Waals surface area contributed by atoms with Gasteiger partial charge in [0.05, 0.1) is 12.7 Å². The van der Waals surface area contributed by atoms with Gasteiger partial charge in [-0.25, -0.2) is 4.39 Å². The first-order chi connectivity index (χ1) is 14.6. The van der Waals surface area contributed by atoms with Gasteiger partial charge in [0.15, 0.2) is 0 Å². The van der Waals surface area contributed by atoms with Gasteiger partial charge in [0, 0.05) is 45.0 Å². The zero-order valence-electron chi connectivity index (χ0n) is 18.1. The number of nitrogens with zero attached hydrogens (tertiary/aromatic N) is 2. The minimum atomic E-state index is -0.418. The highest BCUT2D eigenvalue weighted by molar-refractivity contribution is 5.46. The summed E-state index contributed by atoms with van der Waals surface area (Å²) in [4.78, 5) is 4.59. The second-order valence-electron chi connectivity index (χ2n) is 10.7. The number of piperazine rings is 1. The minimum Gasteiger partial charge on any atom is -0.389 e. The number of hydrogen-bond acceptors (Lipinski definition) is 4. The van der Waals surface area contributed by atoms with E-state index in [4.69, 9.17) is 4.74 Å². The smallest absolute Gasteiger partial charge is 0.123 e. The van der Waals surface area contributed by atoms with Gasteiger partial charge in [0.1, 0.15) is 5.82 Å². The molecule has 5 aliphatic rings. The van der Waals surface area contributed by atoms with Crippen molar-refractivity contribution >= 4 is 5.69 Å². The average molecular weight is 417 g/mol. The minimum absolute atomic E-state index is 0.191. The molecule has 4 saturated carbocycles. The van der Waals surface area contributed by atoms with Gasteiger partial charge >= 0.3 is 0 Å². The molecule has 1 aromatic rings. The first-order valence-electron chi connectivity index (χ1n) is 12.1. The molecule has 4 bridgehead atoms. The lowest BCUT2D eigenvalue weighted by atomic mass is 9.49. The van der Waals surface area contributed by atoms with E-state index in [0.29, 0.717) is 18.6 Å². The van der Waals surface area contributed by atoms with Crippen LogP contribution in [0.15, 0.2) is 24.3 Å². The number of halogens is 1. The molecule has 1 aliphatic heterocycles. The maximum Gasteiger partial charge on any atom is 0.123 e. The van der Waals surface area contributed by atoms with Gasteiger partial charge < -0.3 is 14.7 Å². The van der Waals surface area contributed by atoms with Gasteiger partial charge in [-0.2, -0.15) is 0 Å². The van der Waals surface area contributed by atoms with Crippen LogP contribution in [0.1, 0.15) is 44.9 Å². The highest BCUT2D eigenvalue weighted by Crippen LogP contribution is 2.61. The Morgan fingerprint density at radius 3 is 2.17 bits per heavy atom. The van der Waals surface area contributed by atoms with Crippen molar-refractivity contribution in [3.8, 4) is 0 Å².